The number of hydrogen-bond acceptors (Lipinski definition) is 2. The molecule has 0 unspecified atom stereocenters. The fourth-order valence-electron chi connectivity index (χ4n) is 7.61. The lowest BCUT2D eigenvalue weighted by Crippen LogP contribution is -1.92. The lowest BCUT2D eigenvalue weighted by molar-refractivity contribution is 1.33. The Bertz CT molecular complexity index is 3020. The van der Waals surface area contributed by atoms with E-state index in [9.17, 15) is 0 Å². The zero-order chi connectivity index (χ0) is 33.9. The highest BCUT2D eigenvalue weighted by atomic mass is 32.1. The van der Waals surface area contributed by atoms with Gasteiger partial charge in [-0.15, -0.1) is 11.3 Å². The molecule has 0 atom stereocenters. The van der Waals surface area contributed by atoms with Crippen LogP contribution in [-0.2, 0) is 0 Å². The van der Waals surface area contributed by atoms with E-state index in [1.807, 2.05) is 18.2 Å². The molecule has 0 spiro atoms. The number of aromatic nitrogens is 1. The van der Waals surface area contributed by atoms with Crippen molar-refractivity contribution in [3.63, 3.8) is 0 Å². The van der Waals surface area contributed by atoms with Gasteiger partial charge < -0.3 is 0 Å². The van der Waals surface area contributed by atoms with Crippen LogP contribution in [0.4, 0.5) is 5.69 Å². The molecule has 0 aliphatic rings. The molecule has 2 aromatic heterocycles. The maximum absolute atomic E-state index is 7.49. The molecule has 0 saturated carbocycles. The first kappa shape index (κ1) is 29.3. The summed E-state index contributed by atoms with van der Waals surface area (Å²) in [5.74, 6) is 0. The highest BCUT2D eigenvalue weighted by Crippen LogP contribution is 2.43. The average Bonchev–Trinajstić information content (AvgIpc) is 3.58. The average molecular weight is 665 g/mol. The number of nitrogens with zero attached hydrogens (tertiary/aromatic N) is 2. The van der Waals surface area contributed by atoms with Crippen LogP contribution in [-0.4, -0.2) is 4.98 Å². The lowest BCUT2D eigenvalue weighted by atomic mass is 9.88. The van der Waals surface area contributed by atoms with E-state index in [4.69, 9.17) is 11.6 Å². The zero-order valence-corrected chi connectivity index (χ0v) is 28.3. The van der Waals surface area contributed by atoms with Crippen LogP contribution in [0.5, 0.6) is 0 Å². The number of thiophene rings is 1. The maximum atomic E-state index is 7.49. The molecule has 0 aliphatic heterocycles. The predicted octanol–water partition coefficient (Wildman–Crippen LogP) is 14.1. The maximum Gasteiger partial charge on any atom is 0.187 e. The van der Waals surface area contributed by atoms with Crippen LogP contribution in [0.15, 0.2) is 170 Å². The van der Waals surface area contributed by atoms with Crippen molar-refractivity contribution in [1.29, 1.82) is 0 Å². The Morgan fingerprint density at radius 2 is 0.941 bits per heavy atom. The summed E-state index contributed by atoms with van der Waals surface area (Å²) in [4.78, 5) is 8.84. The van der Waals surface area contributed by atoms with Gasteiger partial charge in [0.25, 0.3) is 0 Å². The Balaban J connectivity index is 1.12. The van der Waals surface area contributed by atoms with E-state index in [-0.39, 0.29) is 0 Å². The van der Waals surface area contributed by atoms with Crippen LogP contribution < -0.4 is 0 Å². The number of hydrogen-bond donors (Lipinski definition) is 0. The predicted molar refractivity (Wildman–Crippen MR) is 218 cm³/mol. The van der Waals surface area contributed by atoms with Crippen LogP contribution in [0.25, 0.3) is 102 Å². The minimum Gasteiger partial charge on any atom is -0.248 e. The molecule has 3 heteroatoms. The largest absolute Gasteiger partial charge is 0.248 e. The molecule has 236 valence electrons. The lowest BCUT2D eigenvalue weighted by Gasteiger charge is -2.16. The number of benzene rings is 8. The molecule has 8 aromatic carbocycles. The molecule has 0 aliphatic carbocycles. The summed E-state index contributed by atoms with van der Waals surface area (Å²) in [5, 5.41) is 9.69. The minimum atomic E-state index is 0.678. The fourth-order valence-corrected chi connectivity index (χ4v) is 8.68. The van der Waals surface area contributed by atoms with Crippen molar-refractivity contribution in [3.05, 3.63) is 181 Å². The van der Waals surface area contributed by atoms with Crippen molar-refractivity contribution >= 4 is 69.5 Å². The molecule has 0 saturated heterocycles. The fraction of sp³-hybridized carbons (Fsp3) is 0. The smallest absolute Gasteiger partial charge is 0.187 e. The number of rotatable bonds is 4. The van der Waals surface area contributed by atoms with E-state index in [2.05, 4.69) is 157 Å². The Morgan fingerprint density at radius 1 is 0.373 bits per heavy atom. The Labute approximate surface area is 299 Å². The summed E-state index contributed by atoms with van der Waals surface area (Å²) in [5.41, 5.74) is 9.62. The van der Waals surface area contributed by atoms with Crippen LogP contribution in [0, 0.1) is 6.57 Å². The third-order valence-electron chi connectivity index (χ3n) is 10.1. The summed E-state index contributed by atoms with van der Waals surface area (Å²) in [6.45, 7) is 7.49. The summed E-state index contributed by atoms with van der Waals surface area (Å²) in [6, 6.07) is 60.6. The summed E-state index contributed by atoms with van der Waals surface area (Å²) >= 11 is 1.78. The third-order valence-corrected chi connectivity index (χ3v) is 11.2. The van der Waals surface area contributed by atoms with E-state index in [0.29, 0.717) is 5.69 Å². The van der Waals surface area contributed by atoms with Crippen LogP contribution in [0.3, 0.4) is 0 Å². The minimum absolute atomic E-state index is 0.678. The van der Waals surface area contributed by atoms with E-state index in [0.717, 1.165) is 27.9 Å². The quantitative estimate of drug-likeness (QED) is 0.135. The second kappa shape index (κ2) is 11.8. The van der Waals surface area contributed by atoms with Crippen LogP contribution in [0.2, 0.25) is 0 Å². The number of fused-ring (bicyclic) bond motifs is 8. The van der Waals surface area contributed by atoms with E-state index in [1.165, 1.54) is 69.4 Å². The van der Waals surface area contributed by atoms with Gasteiger partial charge in [-0.2, -0.15) is 0 Å². The van der Waals surface area contributed by atoms with Gasteiger partial charge in [-0.3, -0.25) is 0 Å². The van der Waals surface area contributed by atoms with E-state index >= 15 is 0 Å². The first-order valence-corrected chi connectivity index (χ1v) is 17.9. The van der Waals surface area contributed by atoms with E-state index < -0.39 is 0 Å². The van der Waals surface area contributed by atoms with Crippen molar-refractivity contribution in [2.45, 2.75) is 0 Å². The van der Waals surface area contributed by atoms with E-state index in [1.54, 1.807) is 11.3 Å². The van der Waals surface area contributed by atoms with Gasteiger partial charge in [-0.05, 0) is 108 Å². The van der Waals surface area contributed by atoms with Gasteiger partial charge in [0, 0.05) is 20.5 Å². The molecule has 2 heterocycles. The first-order valence-electron chi connectivity index (χ1n) is 17.1. The highest BCUT2D eigenvalue weighted by molar-refractivity contribution is 7.25. The molecule has 0 fully saturated rings. The SMILES string of the molecule is [C-]#[N+]c1ccc2sc3ccc(-c4ccc(-c5cc6c7ccccc7c(-c7cccc(-c8ccccc8)n7)cc6c6ccccc56)cc4)cc3c2c1. The van der Waals surface area contributed by atoms with Crippen molar-refractivity contribution in [1.82, 2.24) is 4.98 Å². The molecule has 51 heavy (non-hydrogen) atoms. The molecule has 10 rings (SSSR count). The van der Waals surface area contributed by atoms with Gasteiger partial charge in [0.1, 0.15) is 0 Å². The van der Waals surface area contributed by atoms with Crippen molar-refractivity contribution in [2.24, 2.45) is 0 Å². The second-order valence-corrected chi connectivity index (χ2v) is 14.1. The second-order valence-electron chi connectivity index (χ2n) is 13.0. The highest BCUT2D eigenvalue weighted by Gasteiger charge is 2.16. The van der Waals surface area contributed by atoms with Crippen molar-refractivity contribution in [3.8, 4) is 44.8 Å². The molecular formula is C48H28N2S. The first-order chi connectivity index (χ1) is 25.2. The Kier molecular flexibility index (Phi) is 6.77. The van der Waals surface area contributed by atoms with Crippen molar-refractivity contribution in [2.75, 3.05) is 0 Å². The summed E-state index contributed by atoms with van der Waals surface area (Å²) < 4.78 is 2.45. The molecule has 0 N–H and O–H groups in total. The van der Waals surface area contributed by atoms with Gasteiger partial charge in [0.2, 0.25) is 0 Å². The molecule has 10 aromatic rings. The van der Waals surface area contributed by atoms with Gasteiger partial charge in [-0.25, -0.2) is 9.83 Å². The molecular weight excluding hydrogens is 637 g/mol. The van der Waals surface area contributed by atoms with Gasteiger partial charge >= 0.3 is 0 Å². The van der Waals surface area contributed by atoms with Gasteiger partial charge in [0.05, 0.1) is 18.0 Å². The van der Waals surface area contributed by atoms with Gasteiger partial charge in [0.15, 0.2) is 5.69 Å². The Hall–Kier alpha value is -6.60. The monoisotopic (exact) mass is 664 g/mol. The molecule has 0 amide bonds. The topological polar surface area (TPSA) is 17.2 Å². The molecule has 2 nitrogen and oxygen atoms in total. The molecule has 0 radical (unpaired) electrons. The Morgan fingerprint density at radius 3 is 1.67 bits per heavy atom. The molecule has 0 bridgehead atoms. The zero-order valence-electron chi connectivity index (χ0n) is 27.5. The van der Waals surface area contributed by atoms with Gasteiger partial charge in [-0.1, -0.05) is 127 Å². The summed E-state index contributed by atoms with van der Waals surface area (Å²) in [6.07, 6.45) is 0. The number of pyridine rings is 1. The summed E-state index contributed by atoms with van der Waals surface area (Å²) in [7, 11) is 0. The standard InChI is InChI=1S/C48H28N2S/c1-49-34-23-25-48-44(27-34)43-26-33(22-24-47(43)51-48)30-18-20-31(21-19-30)39-28-40-37-14-7-8-15-38(37)42(29-41(40)36-13-6-5-12-35(36)39)46-17-9-16-45(50-46)32-10-3-2-4-11-32/h2-29H. The normalized spacial score (nSPS) is 11.5. The van der Waals surface area contributed by atoms with Crippen molar-refractivity contribution < 1.29 is 0 Å². The van der Waals surface area contributed by atoms with Crippen LogP contribution in [0.1, 0.15) is 0 Å². The van der Waals surface area contributed by atoms with Crippen LogP contribution >= 0.6 is 11.3 Å². The third kappa shape index (κ3) is 4.88.